The maximum absolute atomic E-state index is 9.78. The van der Waals surface area contributed by atoms with E-state index in [-0.39, 0.29) is 0 Å². The van der Waals surface area contributed by atoms with Crippen LogP contribution in [0, 0.1) is 11.3 Å². The highest BCUT2D eigenvalue weighted by atomic mass is 32.2. The summed E-state index contributed by atoms with van der Waals surface area (Å²) in [6, 6.07) is 15.9. The van der Waals surface area contributed by atoms with Crippen LogP contribution < -0.4 is 5.73 Å². The van der Waals surface area contributed by atoms with E-state index in [4.69, 9.17) is 5.73 Å². The molecule has 118 valence electrons. The first-order valence-electron chi connectivity index (χ1n) is 7.58. The maximum Gasteiger partial charge on any atom is 0.133 e. The third-order valence-electron chi connectivity index (χ3n) is 3.60. The molecule has 2 N–H and O–H groups in total. The second-order valence-electron chi connectivity index (χ2n) is 5.08. The Kier molecular flexibility index (Phi) is 4.78. The molecule has 2 aromatic heterocycles. The van der Waals surface area contributed by atoms with Crippen molar-refractivity contribution < 1.29 is 0 Å². The number of hydrogen-bond acceptors (Lipinski definition) is 5. The van der Waals surface area contributed by atoms with Gasteiger partial charge in [-0.05, 0) is 17.4 Å². The number of nitrogen functional groups attached to an aromatic ring is 1. The van der Waals surface area contributed by atoms with Gasteiger partial charge in [0.1, 0.15) is 16.9 Å². The summed E-state index contributed by atoms with van der Waals surface area (Å²) in [5.74, 6) is 1.24. The Morgan fingerprint density at radius 3 is 2.46 bits per heavy atom. The van der Waals surface area contributed by atoms with Crippen LogP contribution in [0.3, 0.4) is 0 Å². The van der Waals surface area contributed by atoms with Crippen molar-refractivity contribution in [2.45, 2.75) is 11.9 Å². The van der Waals surface area contributed by atoms with Crippen LogP contribution in [0.4, 0.5) is 5.82 Å². The minimum atomic E-state index is 0.426. The molecule has 24 heavy (non-hydrogen) atoms. The van der Waals surface area contributed by atoms with Gasteiger partial charge in [0.15, 0.2) is 0 Å². The van der Waals surface area contributed by atoms with E-state index in [0.717, 1.165) is 28.0 Å². The van der Waals surface area contributed by atoms with Crippen LogP contribution in [0.1, 0.15) is 12.5 Å². The fourth-order valence-electron chi connectivity index (χ4n) is 2.62. The van der Waals surface area contributed by atoms with Gasteiger partial charge >= 0.3 is 0 Å². The highest BCUT2D eigenvalue weighted by Crippen LogP contribution is 2.41. The Balaban J connectivity index is 2.39. The van der Waals surface area contributed by atoms with Gasteiger partial charge in [-0.25, -0.2) is 4.98 Å². The van der Waals surface area contributed by atoms with E-state index in [1.807, 2.05) is 49.4 Å². The molecule has 3 aromatic rings. The Morgan fingerprint density at radius 2 is 1.83 bits per heavy atom. The first-order valence-corrected chi connectivity index (χ1v) is 8.57. The summed E-state index contributed by atoms with van der Waals surface area (Å²) in [6.45, 7) is 2.03. The smallest absolute Gasteiger partial charge is 0.133 e. The number of nitrogens with zero attached hydrogens (tertiary/aromatic N) is 3. The summed E-state index contributed by atoms with van der Waals surface area (Å²) in [5, 5.41) is 10.4. The molecular formula is C19H16N4S. The van der Waals surface area contributed by atoms with Gasteiger partial charge in [0, 0.05) is 29.1 Å². The first-order chi connectivity index (χ1) is 11.8. The second-order valence-corrected chi connectivity index (χ2v) is 6.33. The van der Waals surface area contributed by atoms with E-state index in [0.29, 0.717) is 16.4 Å². The molecule has 0 aliphatic heterocycles. The van der Waals surface area contributed by atoms with Crippen LogP contribution in [0.15, 0.2) is 59.9 Å². The Labute approximate surface area is 145 Å². The van der Waals surface area contributed by atoms with Gasteiger partial charge in [0.05, 0.1) is 5.56 Å². The van der Waals surface area contributed by atoms with E-state index in [1.54, 1.807) is 12.4 Å². The molecule has 3 rings (SSSR count). The minimum absolute atomic E-state index is 0.426. The van der Waals surface area contributed by atoms with Crippen LogP contribution in [0.5, 0.6) is 0 Å². The van der Waals surface area contributed by atoms with E-state index in [9.17, 15) is 5.26 Å². The molecule has 0 unspecified atom stereocenters. The number of aromatic nitrogens is 2. The lowest BCUT2D eigenvalue weighted by atomic mass is 9.93. The molecule has 0 saturated heterocycles. The molecule has 0 amide bonds. The van der Waals surface area contributed by atoms with Gasteiger partial charge in [0.2, 0.25) is 0 Å². The zero-order chi connectivity index (χ0) is 16.9. The SMILES string of the molecule is CCSc1nc(N)c(-c2ccccc2)c(-c2cccnc2)c1C#N. The number of nitriles is 1. The molecule has 0 radical (unpaired) electrons. The molecule has 1 aromatic carbocycles. The molecular weight excluding hydrogens is 316 g/mol. The number of pyridine rings is 2. The van der Waals surface area contributed by atoms with Crippen LogP contribution in [-0.4, -0.2) is 15.7 Å². The third kappa shape index (κ3) is 2.97. The number of benzene rings is 1. The van der Waals surface area contributed by atoms with Crippen molar-refractivity contribution in [3.05, 3.63) is 60.4 Å². The lowest BCUT2D eigenvalue weighted by Crippen LogP contribution is -2.03. The van der Waals surface area contributed by atoms with Crippen molar-refractivity contribution >= 4 is 17.6 Å². The number of thioether (sulfide) groups is 1. The molecule has 0 bridgehead atoms. The molecule has 0 aliphatic rings. The lowest BCUT2D eigenvalue weighted by Gasteiger charge is -2.16. The molecule has 0 fully saturated rings. The number of rotatable bonds is 4. The highest BCUT2D eigenvalue weighted by molar-refractivity contribution is 7.99. The van der Waals surface area contributed by atoms with Crippen LogP contribution in [-0.2, 0) is 0 Å². The lowest BCUT2D eigenvalue weighted by molar-refractivity contribution is 1.12. The standard InChI is InChI=1S/C19H16N4S/c1-2-24-19-15(11-20)16(14-9-6-10-22-12-14)17(18(21)23-19)13-7-4-3-5-8-13/h3-10,12H,2H2,1H3,(H2,21,23). The predicted octanol–water partition coefficient (Wildman–Crippen LogP) is 4.38. The van der Waals surface area contributed by atoms with Gasteiger partial charge in [-0.2, -0.15) is 5.26 Å². The predicted molar refractivity (Wildman–Crippen MR) is 98.4 cm³/mol. The van der Waals surface area contributed by atoms with Gasteiger partial charge in [0.25, 0.3) is 0 Å². The molecule has 5 heteroatoms. The molecule has 0 spiro atoms. The van der Waals surface area contributed by atoms with Crippen molar-refractivity contribution in [1.29, 1.82) is 5.26 Å². The Bertz CT molecular complexity index is 887. The quantitative estimate of drug-likeness (QED) is 0.718. The van der Waals surface area contributed by atoms with Gasteiger partial charge < -0.3 is 5.73 Å². The molecule has 2 heterocycles. The average Bonchev–Trinajstić information content (AvgIpc) is 2.63. The Morgan fingerprint density at radius 1 is 1.08 bits per heavy atom. The van der Waals surface area contributed by atoms with Crippen LogP contribution in [0.2, 0.25) is 0 Å². The van der Waals surface area contributed by atoms with Gasteiger partial charge in [-0.1, -0.05) is 43.3 Å². The van der Waals surface area contributed by atoms with Gasteiger partial charge in [-0.3, -0.25) is 4.98 Å². The topological polar surface area (TPSA) is 75.6 Å². The third-order valence-corrected chi connectivity index (χ3v) is 4.46. The minimum Gasteiger partial charge on any atom is -0.383 e. The summed E-state index contributed by atoms with van der Waals surface area (Å²) in [7, 11) is 0. The first kappa shape index (κ1) is 16.0. The largest absolute Gasteiger partial charge is 0.383 e. The van der Waals surface area contributed by atoms with Gasteiger partial charge in [-0.15, -0.1) is 11.8 Å². The number of anilines is 1. The maximum atomic E-state index is 9.78. The summed E-state index contributed by atoms with van der Waals surface area (Å²) < 4.78 is 0. The normalized spacial score (nSPS) is 10.3. The molecule has 0 saturated carbocycles. The fraction of sp³-hybridized carbons (Fsp3) is 0.105. The van der Waals surface area contributed by atoms with Crippen molar-refractivity contribution in [3.8, 4) is 28.3 Å². The van der Waals surface area contributed by atoms with Crippen LogP contribution >= 0.6 is 11.8 Å². The highest BCUT2D eigenvalue weighted by Gasteiger charge is 2.21. The number of nitrogens with two attached hydrogens (primary N) is 1. The summed E-state index contributed by atoms with van der Waals surface area (Å²) in [4.78, 5) is 8.69. The summed E-state index contributed by atoms with van der Waals surface area (Å²) >= 11 is 1.52. The average molecular weight is 332 g/mol. The second kappa shape index (κ2) is 7.16. The van der Waals surface area contributed by atoms with Crippen molar-refractivity contribution in [2.24, 2.45) is 0 Å². The monoisotopic (exact) mass is 332 g/mol. The van der Waals surface area contributed by atoms with Crippen molar-refractivity contribution in [2.75, 3.05) is 11.5 Å². The summed E-state index contributed by atoms with van der Waals surface area (Å²) in [5.41, 5.74) is 10.2. The van der Waals surface area contributed by atoms with E-state index in [1.165, 1.54) is 11.8 Å². The fourth-order valence-corrected chi connectivity index (χ4v) is 3.35. The molecule has 0 aliphatic carbocycles. The van der Waals surface area contributed by atoms with Crippen molar-refractivity contribution in [3.63, 3.8) is 0 Å². The van der Waals surface area contributed by atoms with Crippen molar-refractivity contribution in [1.82, 2.24) is 9.97 Å². The van der Waals surface area contributed by atoms with E-state index < -0.39 is 0 Å². The molecule has 0 atom stereocenters. The van der Waals surface area contributed by atoms with Crippen LogP contribution in [0.25, 0.3) is 22.3 Å². The van der Waals surface area contributed by atoms with E-state index >= 15 is 0 Å². The zero-order valence-corrected chi connectivity index (χ0v) is 14.0. The molecule has 4 nitrogen and oxygen atoms in total. The Hall–Kier alpha value is -2.84. The summed E-state index contributed by atoms with van der Waals surface area (Å²) in [6.07, 6.45) is 3.46. The van der Waals surface area contributed by atoms with E-state index in [2.05, 4.69) is 16.0 Å². The zero-order valence-electron chi connectivity index (χ0n) is 13.2. The number of hydrogen-bond donors (Lipinski definition) is 1.